The Labute approximate surface area is 115 Å². The third kappa shape index (κ3) is 2.80. The van der Waals surface area contributed by atoms with Crippen LogP contribution in [0.25, 0.3) is 0 Å². The van der Waals surface area contributed by atoms with Crippen LogP contribution >= 0.6 is 15.9 Å². The zero-order valence-corrected chi connectivity index (χ0v) is 11.9. The van der Waals surface area contributed by atoms with Crippen LogP contribution < -0.4 is 0 Å². The van der Waals surface area contributed by atoms with Gasteiger partial charge in [0.25, 0.3) is 5.91 Å². The van der Waals surface area contributed by atoms with Crippen molar-refractivity contribution in [2.75, 3.05) is 6.54 Å². The molecule has 18 heavy (non-hydrogen) atoms. The predicted molar refractivity (Wildman–Crippen MR) is 73.2 cm³/mol. The number of amides is 2. The number of carbonyl (C=O) groups is 2. The number of hydrogen-bond donors (Lipinski definition) is 0. The molecule has 0 spiro atoms. The summed E-state index contributed by atoms with van der Waals surface area (Å²) in [5, 5.41) is 0. The highest BCUT2D eigenvalue weighted by molar-refractivity contribution is 9.10. The number of nitrogens with zero attached hydrogens (tertiary/aromatic N) is 1. The number of carbonyl (C=O) groups excluding carboxylic acids is 2. The van der Waals surface area contributed by atoms with Gasteiger partial charge in [-0.15, -0.1) is 0 Å². The fourth-order valence-electron chi connectivity index (χ4n) is 2.33. The van der Waals surface area contributed by atoms with Crippen molar-refractivity contribution in [3.05, 3.63) is 34.3 Å². The average molecular weight is 310 g/mol. The maximum Gasteiger partial charge on any atom is 0.260 e. The minimum absolute atomic E-state index is 0.0404. The van der Waals surface area contributed by atoms with Crippen molar-refractivity contribution in [2.45, 2.75) is 26.2 Å². The first-order valence-electron chi connectivity index (χ1n) is 6.22. The van der Waals surface area contributed by atoms with Gasteiger partial charge in [-0.1, -0.05) is 29.3 Å². The van der Waals surface area contributed by atoms with Gasteiger partial charge in [0.15, 0.2) is 0 Å². The van der Waals surface area contributed by atoms with Crippen LogP contribution in [-0.2, 0) is 4.79 Å². The minimum atomic E-state index is -0.175. The van der Waals surface area contributed by atoms with E-state index in [-0.39, 0.29) is 11.8 Å². The van der Waals surface area contributed by atoms with Crippen LogP contribution in [0, 0.1) is 5.92 Å². The Morgan fingerprint density at radius 1 is 1.39 bits per heavy atom. The van der Waals surface area contributed by atoms with Crippen molar-refractivity contribution in [2.24, 2.45) is 5.92 Å². The van der Waals surface area contributed by atoms with Crippen LogP contribution in [-0.4, -0.2) is 23.3 Å². The predicted octanol–water partition coefficient (Wildman–Crippen LogP) is 3.24. The van der Waals surface area contributed by atoms with Crippen LogP contribution in [0.15, 0.2) is 28.7 Å². The summed E-state index contributed by atoms with van der Waals surface area (Å²) >= 11 is 3.33. The van der Waals surface area contributed by atoms with Gasteiger partial charge in [0.05, 0.1) is 0 Å². The number of benzene rings is 1. The summed E-state index contributed by atoms with van der Waals surface area (Å²) in [6, 6.07) is 7.12. The lowest BCUT2D eigenvalue weighted by molar-refractivity contribution is -0.125. The first-order valence-corrected chi connectivity index (χ1v) is 7.01. The zero-order chi connectivity index (χ0) is 13.1. The maximum atomic E-state index is 12.2. The van der Waals surface area contributed by atoms with E-state index in [0.29, 0.717) is 24.4 Å². The molecule has 0 aromatic heterocycles. The number of likely N-dealkylation sites (tertiary alicyclic amines) is 1. The highest BCUT2D eigenvalue weighted by Crippen LogP contribution is 2.24. The molecule has 1 aromatic rings. The summed E-state index contributed by atoms with van der Waals surface area (Å²) in [7, 11) is 0. The molecule has 1 atom stereocenters. The van der Waals surface area contributed by atoms with Crippen molar-refractivity contribution < 1.29 is 9.59 Å². The first kappa shape index (κ1) is 13.3. The molecular formula is C14H16BrNO2. The molecule has 1 unspecified atom stereocenters. The molecule has 96 valence electrons. The lowest BCUT2D eigenvalue weighted by Gasteiger charge is -2.14. The first-order chi connectivity index (χ1) is 8.61. The Kier molecular flexibility index (Phi) is 4.17. The van der Waals surface area contributed by atoms with Gasteiger partial charge in [0.1, 0.15) is 0 Å². The molecule has 0 saturated carbocycles. The molecule has 1 fully saturated rings. The van der Waals surface area contributed by atoms with Crippen molar-refractivity contribution in [3.8, 4) is 0 Å². The second-order valence-corrected chi connectivity index (χ2v) is 5.59. The van der Waals surface area contributed by atoms with Crippen molar-refractivity contribution in [1.29, 1.82) is 0 Å². The summed E-state index contributed by atoms with van der Waals surface area (Å²) in [4.78, 5) is 25.4. The third-order valence-corrected chi connectivity index (χ3v) is 3.77. The van der Waals surface area contributed by atoms with Gasteiger partial charge in [-0.05, 0) is 36.6 Å². The lowest BCUT2D eigenvalue weighted by Crippen LogP contribution is -2.32. The number of hydrogen-bond acceptors (Lipinski definition) is 2. The number of imide groups is 1. The van der Waals surface area contributed by atoms with E-state index in [9.17, 15) is 9.59 Å². The van der Waals surface area contributed by atoms with Crippen molar-refractivity contribution in [3.63, 3.8) is 0 Å². The van der Waals surface area contributed by atoms with Gasteiger partial charge in [0, 0.05) is 23.0 Å². The Morgan fingerprint density at radius 2 is 2.06 bits per heavy atom. The zero-order valence-electron chi connectivity index (χ0n) is 10.4. The smallest absolute Gasteiger partial charge is 0.260 e. The van der Waals surface area contributed by atoms with E-state index < -0.39 is 0 Å². The Bertz CT molecular complexity index is 455. The monoisotopic (exact) mass is 309 g/mol. The van der Waals surface area contributed by atoms with E-state index in [1.54, 1.807) is 12.1 Å². The van der Waals surface area contributed by atoms with Crippen LogP contribution in [0.2, 0.25) is 0 Å². The van der Waals surface area contributed by atoms with Crippen LogP contribution in [0.3, 0.4) is 0 Å². The summed E-state index contributed by atoms with van der Waals surface area (Å²) in [6.07, 6.45) is 2.57. The summed E-state index contributed by atoms with van der Waals surface area (Å²) < 4.78 is 0.927. The van der Waals surface area contributed by atoms with Crippen LogP contribution in [0.1, 0.15) is 36.5 Å². The fraction of sp³-hybridized carbons (Fsp3) is 0.429. The van der Waals surface area contributed by atoms with Gasteiger partial charge in [0.2, 0.25) is 5.91 Å². The number of halogens is 1. The molecule has 0 radical (unpaired) electrons. The molecule has 2 amide bonds. The fourth-order valence-corrected chi connectivity index (χ4v) is 2.59. The molecule has 1 saturated heterocycles. The molecule has 1 aliphatic rings. The van der Waals surface area contributed by atoms with Gasteiger partial charge in [-0.2, -0.15) is 0 Å². The SMILES string of the molecule is CCCC1CC(=O)N(C(=O)c2ccc(Br)cc2)C1. The van der Waals surface area contributed by atoms with Crippen molar-refractivity contribution >= 4 is 27.7 Å². The minimum Gasteiger partial charge on any atom is -0.278 e. The van der Waals surface area contributed by atoms with Crippen LogP contribution in [0.5, 0.6) is 0 Å². The normalized spacial score (nSPS) is 19.3. The average Bonchev–Trinajstić information content (AvgIpc) is 2.71. The lowest BCUT2D eigenvalue weighted by atomic mass is 10.0. The largest absolute Gasteiger partial charge is 0.278 e. The second-order valence-electron chi connectivity index (χ2n) is 4.68. The molecular weight excluding hydrogens is 294 g/mol. The van der Waals surface area contributed by atoms with E-state index in [1.807, 2.05) is 12.1 Å². The van der Waals surface area contributed by atoms with Gasteiger partial charge in [-0.25, -0.2) is 0 Å². The molecule has 1 aromatic carbocycles. The van der Waals surface area contributed by atoms with Gasteiger partial charge < -0.3 is 0 Å². The molecule has 4 heteroatoms. The number of rotatable bonds is 3. The van der Waals surface area contributed by atoms with Gasteiger partial charge in [-0.3, -0.25) is 14.5 Å². The van der Waals surface area contributed by atoms with E-state index in [1.165, 1.54) is 4.90 Å². The van der Waals surface area contributed by atoms with E-state index in [2.05, 4.69) is 22.9 Å². The molecule has 0 aliphatic carbocycles. The highest BCUT2D eigenvalue weighted by Gasteiger charge is 2.33. The topological polar surface area (TPSA) is 37.4 Å². The highest BCUT2D eigenvalue weighted by atomic mass is 79.9. The molecule has 1 heterocycles. The van der Waals surface area contributed by atoms with E-state index in [4.69, 9.17) is 0 Å². The Balaban J connectivity index is 2.10. The second kappa shape index (κ2) is 5.65. The third-order valence-electron chi connectivity index (χ3n) is 3.24. The standard InChI is InChI=1S/C14H16BrNO2/c1-2-3-10-8-13(17)16(9-10)14(18)11-4-6-12(15)7-5-11/h4-7,10H,2-3,8-9H2,1H3. The van der Waals surface area contributed by atoms with Crippen molar-refractivity contribution in [1.82, 2.24) is 4.90 Å². The summed E-state index contributed by atoms with van der Waals surface area (Å²) in [6.45, 7) is 2.67. The Morgan fingerprint density at radius 3 is 2.67 bits per heavy atom. The quantitative estimate of drug-likeness (QED) is 0.804. The Hall–Kier alpha value is -1.16. The van der Waals surface area contributed by atoms with E-state index in [0.717, 1.165) is 17.3 Å². The maximum absolute atomic E-state index is 12.2. The molecule has 3 nitrogen and oxygen atoms in total. The summed E-state index contributed by atoms with van der Waals surface area (Å²) in [5.41, 5.74) is 0.573. The molecule has 0 bridgehead atoms. The van der Waals surface area contributed by atoms with Gasteiger partial charge >= 0.3 is 0 Å². The molecule has 0 N–H and O–H groups in total. The van der Waals surface area contributed by atoms with E-state index >= 15 is 0 Å². The molecule has 2 rings (SSSR count). The molecule has 1 aliphatic heterocycles. The summed E-state index contributed by atoms with van der Waals surface area (Å²) in [5.74, 6) is 0.120. The van der Waals surface area contributed by atoms with Crippen LogP contribution in [0.4, 0.5) is 0 Å².